The van der Waals surface area contributed by atoms with E-state index in [1.165, 1.54) is 17.4 Å². The number of hydrogen-bond acceptors (Lipinski definition) is 7. The van der Waals surface area contributed by atoms with Gasteiger partial charge in [0.25, 0.3) is 5.91 Å². The number of carbonyl (C=O) groups is 1. The fraction of sp³-hybridized carbons (Fsp3) is 0.318. The van der Waals surface area contributed by atoms with Crippen LogP contribution in [-0.2, 0) is 0 Å². The zero-order valence-corrected chi connectivity index (χ0v) is 18.5. The zero-order chi connectivity index (χ0) is 22.9. The summed E-state index contributed by atoms with van der Waals surface area (Å²) in [5, 5.41) is 15.3. The summed E-state index contributed by atoms with van der Waals surface area (Å²) in [5.74, 6) is -0.995. The number of halogens is 2. The van der Waals surface area contributed by atoms with Crippen molar-refractivity contribution in [1.29, 1.82) is 0 Å². The van der Waals surface area contributed by atoms with Crippen LogP contribution in [-0.4, -0.2) is 43.1 Å². The highest BCUT2D eigenvalue weighted by molar-refractivity contribution is 7.10. The van der Waals surface area contributed by atoms with Gasteiger partial charge in [0, 0.05) is 22.3 Å². The van der Waals surface area contributed by atoms with Crippen LogP contribution in [0.2, 0.25) is 0 Å². The molecule has 0 aliphatic heterocycles. The van der Waals surface area contributed by atoms with Gasteiger partial charge in [-0.25, -0.2) is 23.7 Å². The Bertz CT molecular complexity index is 1320. The molecule has 0 radical (unpaired) electrons. The molecule has 1 fully saturated rings. The summed E-state index contributed by atoms with van der Waals surface area (Å²) in [4.78, 5) is 25.9. The first-order valence-corrected chi connectivity index (χ1v) is 11.5. The van der Waals surface area contributed by atoms with Gasteiger partial charge >= 0.3 is 0 Å². The molecular formula is C22H21F2N7OS. The monoisotopic (exact) mass is 469 g/mol. The van der Waals surface area contributed by atoms with E-state index in [0.29, 0.717) is 28.7 Å². The fourth-order valence-electron chi connectivity index (χ4n) is 4.11. The molecule has 8 nitrogen and oxygen atoms in total. The summed E-state index contributed by atoms with van der Waals surface area (Å²) < 4.78 is 28.2. The van der Waals surface area contributed by atoms with Crippen LogP contribution < -0.4 is 10.6 Å². The largest absolute Gasteiger partial charge is 0.365 e. The van der Waals surface area contributed by atoms with Crippen molar-refractivity contribution in [3.8, 4) is 11.5 Å². The van der Waals surface area contributed by atoms with Gasteiger partial charge in [0.2, 0.25) is 0 Å². The Kier molecular flexibility index (Phi) is 5.71. The normalized spacial score (nSPS) is 18.4. The Balaban J connectivity index is 1.31. The summed E-state index contributed by atoms with van der Waals surface area (Å²) in [6.45, 7) is 1.96. The van der Waals surface area contributed by atoms with E-state index in [9.17, 15) is 13.6 Å². The van der Waals surface area contributed by atoms with Gasteiger partial charge in [-0.3, -0.25) is 9.89 Å². The van der Waals surface area contributed by atoms with E-state index in [1.807, 2.05) is 18.4 Å². The van der Waals surface area contributed by atoms with E-state index in [4.69, 9.17) is 0 Å². The van der Waals surface area contributed by atoms with Crippen molar-refractivity contribution in [2.24, 2.45) is 0 Å². The van der Waals surface area contributed by atoms with E-state index in [0.717, 1.165) is 36.5 Å². The topological polar surface area (TPSA) is 108 Å². The third-order valence-electron chi connectivity index (χ3n) is 5.68. The number of rotatable bonds is 5. The van der Waals surface area contributed by atoms with Crippen molar-refractivity contribution in [1.82, 2.24) is 30.5 Å². The molecule has 1 aliphatic rings. The maximum absolute atomic E-state index is 14.5. The first kappa shape index (κ1) is 21.4. The molecule has 0 aromatic carbocycles. The van der Waals surface area contributed by atoms with Gasteiger partial charge < -0.3 is 10.6 Å². The van der Waals surface area contributed by atoms with Crippen LogP contribution >= 0.6 is 11.3 Å². The highest BCUT2D eigenvalue weighted by atomic mass is 32.1. The van der Waals surface area contributed by atoms with Crippen LogP contribution in [0.15, 0.2) is 29.9 Å². The molecule has 2 atom stereocenters. The second-order valence-electron chi connectivity index (χ2n) is 8.14. The Hall–Kier alpha value is -3.47. The van der Waals surface area contributed by atoms with Crippen LogP contribution in [0.1, 0.15) is 40.9 Å². The number of pyridine rings is 1. The second kappa shape index (κ2) is 8.81. The van der Waals surface area contributed by atoms with Crippen LogP contribution in [0, 0.1) is 18.6 Å². The number of hydrogen-bond donors (Lipinski definition) is 3. The van der Waals surface area contributed by atoms with Gasteiger partial charge in [0.15, 0.2) is 23.1 Å². The quantitative estimate of drug-likeness (QED) is 0.404. The third-order valence-corrected chi connectivity index (χ3v) is 6.54. The maximum atomic E-state index is 14.5. The van der Waals surface area contributed by atoms with Gasteiger partial charge in [0.05, 0.1) is 23.3 Å². The van der Waals surface area contributed by atoms with Crippen LogP contribution in [0.3, 0.4) is 0 Å². The average Bonchev–Trinajstić information content (AvgIpc) is 3.42. The van der Waals surface area contributed by atoms with Gasteiger partial charge in [-0.2, -0.15) is 5.10 Å². The Labute approximate surface area is 191 Å². The number of nitrogens with zero attached hydrogens (tertiary/aromatic N) is 4. The van der Waals surface area contributed by atoms with Crippen molar-refractivity contribution >= 4 is 34.1 Å². The molecule has 4 heterocycles. The predicted molar refractivity (Wildman–Crippen MR) is 121 cm³/mol. The molecule has 1 unspecified atom stereocenters. The van der Waals surface area contributed by atoms with Gasteiger partial charge in [-0.05, 0) is 44.7 Å². The number of carbonyl (C=O) groups excluding carboxylic acids is 1. The van der Waals surface area contributed by atoms with Crippen LogP contribution in [0.4, 0.5) is 14.6 Å². The number of amides is 1. The maximum Gasteiger partial charge on any atom is 0.252 e. The number of aromatic nitrogens is 5. The third kappa shape index (κ3) is 4.54. The molecule has 0 saturated heterocycles. The molecule has 1 saturated carbocycles. The number of aromatic amines is 1. The molecule has 4 aromatic heterocycles. The zero-order valence-electron chi connectivity index (χ0n) is 17.7. The summed E-state index contributed by atoms with van der Waals surface area (Å²) >= 11 is 1.54. The van der Waals surface area contributed by atoms with Gasteiger partial charge in [-0.15, -0.1) is 11.3 Å². The highest BCUT2D eigenvalue weighted by Gasteiger charge is 2.25. The Morgan fingerprint density at radius 2 is 2.03 bits per heavy atom. The van der Waals surface area contributed by atoms with E-state index in [-0.39, 0.29) is 29.6 Å². The Morgan fingerprint density at radius 3 is 2.85 bits per heavy atom. The summed E-state index contributed by atoms with van der Waals surface area (Å²) in [6, 6.07) is 3.07. The smallest absolute Gasteiger partial charge is 0.252 e. The van der Waals surface area contributed by atoms with Crippen molar-refractivity contribution in [2.75, 3.05) is 5.32 Å². The van der Waals surface area contributed by atoms with E-state index >= 15 is 0 Å². The van der Waals surface area contributed by atoms with Gasteiger partial charge in [0.1, 0.15) is 11.5 Å². The van der Waals surface area contributed by atoms with Crippen molar-refractivity contribution in [3.63, 3.8) is 0 Å². The molecule has 0 bridgehead atoms. The molecule has 170 valence electrons. The molecule has 3 N–H and O–H groups in total. The number of aryl methyl sites for hydroxylation is 1. The van der Waals surface area contributed by atoms with Crippen LogP contribution in [0.5, 0.6) is 0 Å². The van der Waals surface area contributed by atoms with E-state index in [2.05, 4.69) is 35.8 Å². The second-order valence-corrected chi connectivity index (χ2v) is 9.25. The van der Waals surface area contributed by atoms with E-state index in [1.54, 1.807) is 0 Å². The van der Waals surface area contributed by atoms with Crippen molar-refractivity contribution in [2.45, 2.75) is 44.7 Å². The lowest BCUT2D eigenvalue weighted by Gasteiger charge is -2.30. The fourth-order valence-corrected chi connectivity index (χ4v) is 4.79. The van der Waals surface area contributed by atoms with Gasteiger partial charge in [-0.1, -0.05) is 0 Å². The molecule has 11 heteroatoms. The SMILES string of the molecule is Cc1cc(C(=O)N[C@@H]2CCCC(Nc3nc(-c4n[nH]c5ncc(F)cc45)ncc3F)C2)cs1. The number of fused-ring (bicyclic) bond motifs is 1. The average molecular weight is 470 g/mol. The van der Waals surface area contributed by atoms with Crippen LogP contribution in [0.25, 0.3) is 22.6 Å². The molecule has 5 rings (SSSR count). The van der Waals surface area contributed by atoms with Crippen molar-refractivity contribution < 1.29 is 13.6 Å². The molecule has 0 spiro atoms. The lowest BCUT2D eigenvalue weighted by molar-refractivity contribution is 0.0927. The molecule has 1 aliphatic carbocycles. The molecular weight excluding hydrogens is 448 g/mol. The minimum atomic E-state index is -0.595. The standard InChI is InChI=1S/C22H21F2N7OS/c1-11-5-12(10-33-11)22(32)28-15-4-2-3-14(7-15)27-20-17(24)9-26-21(29-20)18-16-6-13(23)8-25-19(16)31-30-18/h5-6,8-10,14-15H,2-4,7H2,1H3,(H,28,32)(H,25,30,31)(H,26,27,29)/t14?,15-/m1/s1. The lowest BCUT2D eigenvalue weighted by atomic mass is 9.90. The summed E-state index contributed by atoms with van der Waals surface area (Å²) in [5.41, 5.74) is 1.34. The molecule has 4 aromatic rings. The number of H-pyrrole nitrogens is 1. The first-order valence-electron chi connectivity index (χ1n) is 10.6. The number of thiophene rings is 1. The van der Waals surface area contributed by atoms with Crippen molar-refractivity contribution in [3.05, 3.63) is 52.0 Å². The number of anilines is 1. The Morgan fingerprint density at radius 1 is 1.18 bits per heavy atom. The minimum Gasteiger partial charge on any atom is -0.365 e. The molecule has 33 heavy (non-hydrogen) atoms. The predicted octanol–water partition coefficient (Wildman–Crippen LogP) is 4.22. The first-order chi connectivity index (χ1) is 16.0. The summed E-state index contributed by atoms with van der Waals surface area (Å²) in [6.07, 6.45) is 5.37. The number of nitrogens with one attached hydrogen (secondary N) is 3. The highest BCUT2D eigenvalue weighted by Crippen LogP contribution is 2.27. The van der Waals surface area contributed by atoms with E-state index < -0.39 is 11.6 Å². The minimum absolute atomic E-state index is 0.0161. The molecule has 1 amide bonds. The lowest BCUT2D eigenvalue weighted by Crippen LogP contribution is -2.41. The summed E-state index contributed by atoms with van der Waals surface area (Å²) in [7, 11) is 0.